The monoisotopic (exact) mass is 419 g/mol. The highest BCUT2D eigenvalue weighted by molar-refractivity contribution is 6.34. The fraction of sp³-hybridized carbons (Fsp3) is 0.524. The maximum atomic E-state index is 13.1. The van der Waals surface area contributed by atoms with Crippen molar-refractivity contribution < 1.29 is 14.6 Å². The second kappa shape index (κ2) is 7.63. The van der Waals surface area contributed by atoms with Crippen molar-refractivity contribution in [2.75, 3.05) is 31.1 Å². The molecule has 0 spiro atoms. The number of piperazine rings is 1. The summed E-state index contributed by atoms with van der Waals surface area (Å²) < 4.78 is 6.99. The van der Waals surface area contributed by atoms with Crippen LogP contribution in [0.3, 0.4) is 0 Å². The van der Waals surface area contributed by atoms with Crippen molar-refractivity contribution in [1.82, 2.24) is 9.88 Å². The number of aromatic nitrogens is 1. The largest absolute Gasteiger partial charge is 0.462 e. The van der Waals surface area contributed by atoms with Gasteiger partial charge >= 0.3 is 5.97 Å². The Kier molecular flexibility index (Phi) is 5.31. The fourth-order valence-electron chi connectivity index (χ4n) is 4.54. The Morgan fingerprint density at radius 2 is 2.17 bits per heavy atom. The zero-order valence-corrected chi connectivity index (χ0v) is 17.6. The molecule has 1 fully saturated rings. The van der Waals surface area contributed by atoms with Crippen LogP contribution < -0.4 is 15.6 Å². The molecule has 3 heterocycles. The lowest BCUT2D eigenvalue weighted by molar-refractivity contribution is 0.0524. The third-order valence-corrected chi connectivity index (χ3v) is 6.12. The molecule has 156 valence electrons. The number of ether oxygens (including phenoxy) is 1. The molecule has 4 rings (SSSR count). The summed E-state index contributed by atoms with van der Waals surface area (Å²) in [4.78, 5) is 27.6. The van der Waals surface area contributed by atoms with Gasteiger partial charge in [0, 0.05) is 48.9 Å². The number of aliphatic hydroxyl groups excluding tert-OH is 1. The first-order valence-electron chi connectivity index (χ1n) is 10.1. The molecule has 1 aromatic carbocycles. The molecule has 0 radical (unpaired) electrons. The standard InChI is InChI=1S/C21H26ClN3O4/c1-4-29-21(28)14-10-25-12(3)7-16(26)17-18(25)13(20(14)27)8-15(22)19(17)24-6-5-23-11(2)9-24/h8,10-12,16,23,26H,4-7,9H2,1-3H3. The molecule has 2 aromatic rings. The molecule has 2 aliphatic rings. The van der Waals surface area contributed by atoms with E-state index in [9.17, 15) is 14.7 Å². The second-order valence-electron chi connectivity index (χ2n) is 7.92. The highest BCUT2D eigenvalue weighted by Crippen LogP contribution is 2.45. The zero-order valence-electron chi connectivity index (χ0n) is 16.9. The number of halogens is 1. The maximum Gasteiger partial charge on any atom is 0.343 e. The van der Waals surface area contributed by atoms with Gasteiger partial charge in [-0.05, 0) is 33.3 Å². The molecule has 0 bridgehead atoms. The van der Waals surface area contributed by atoms with Crippen LogP contribution in [-0.4, -0.2) is 47.9 Å². The molecule has 3 atom stereocenters. The normalized spacial score (nSPS) is 24.0. The van der Waals surface area contributed by atoms with E-state index in [2.05, 4.69) is 17.1 Å². The van der Waals surface area contributed by atoms with Crippen molar-refractivity contribution in [2.45, 2.75) is 45.4 Å². The van der Waals surface area contributed by atoms with Gasteiger partial charge < -0.3 is 24.6 Å². The van der Waals surface area contributed by atoms with Crippen molar-refractivity contribution in [3.05, 3.63) is 38.6 Å². The Balaban J connectivity index is 2.02. The number of benzene rings is 1. The van der Waals surface area contributed by atoms with Crippen LogP contribution in [0.2, 0.25) is 5.02 Å². The van der Waals surface area contributed by atoms with Crippen molar-refractivity contribution in [3.63, 3.8) is 0 Å². The molecule has 3 unspecified atom stereocenters. The van der Waals surface area contributed by atoms with Crippen molar-refractivity contribution in [2.24, 2.45) is 0 Å². The SMILES string of the molecule is CCOC(=O)c1cn2c3c(c(N4CCNC(C)C4)c(Cl)cc3c1=O)C(O)CC2C. The predicted molar refractivity (Wildman–Crippen MR) is 113 cm³/mol. The van der Waals surface area contributed by atoms with Crippen LogP contribution in [0.5, 0.6) is 0 Å². The third kappa shape index (κ3) is 3.31. The highest BCUT2D eigenvalue weighted by Gasteiger charge is 2.33. The van der Waals surface area contributed by atoms with E-state index < -0.39 is 17.5 Å². The molecule has 0 amide bonds. The number of carbonyl (C=O) groups excluding carboxylic acids is 1. The summed E-state index contributed by atoms with van der Waals surface area (Å²) in [7, 11) is 0. The molecule has 0 aliphatic carbocycles. The lowest BCUT2D eigenvalue weighted by Crippen LogP contribution is -2.49. The summed E-state index contributed by atoms with van der Waals surface area (Å²) in [6, 6.07) is 1.84. The lowest BCUT2D eigenvalue weighted by Gasteiger charge is -2.39. The first-order chi connectivity index (χ1) is 13.8. The van der Waals surface area contributed by atoms with Crippen LogP contribution in [0.1, 0.15) is 55.3 Å². The Morgan fingerprint density at radius 3 is 2.86 bits per heavy atom. The number of esters is 1. The third-order valence-electron chi connectivity index (χ3n) is 5.83. The van der Waals surface area contributed by atoms with Gasteiger partial charge in [0.2, 0.25) is 5.43 Å². The molecular weight excluding hydrogens is 394 g/mol. The van der Waals surface area contributed by atoms with Crippen LogP contribution in [-0.2, 0) is 4.74 Å². The first-order valence-corrected chi connectivity index (χ1v) is 10.5. The van der Waals surface area contributed by atoms with E-state index in [1.54, 1.807) is 19.2 Å². The second-order valence-corrected chi connectivity index (χ2v) is 8.33. The van der Waals surface area contributed by atoms with E-state index >= 15 is 0 Å². The van der Waals surface area contributed by atoms with Crippen molar-refractivity contribution >= 4 is 34.2 Å². The van der Waals surface area contributed by atoms with Gasteiger partial charge in [0.25, 0.3) is 0 Å². The molecule has 7 nitrogen and oxygen atoms in total. The minimum absolute atomic E-state index is 0.00634. The van der Waals surface area contributed by atoms with Crippen LogP contribution in [0.4, 0.5) is 5.69 Å². The van der Waals surface area contributed by atoms with Gasteiger partial charge in [0.05, 0.1) is 28.9 Å². The number of pyridine rings is 1. The summed E-state index contributed by atoms with van der Waals surface area (Å²) in [5.74, 6) is -0.640. The smallest absolute Gasteiger partial charge is 0.343 e. The minimum Gasteiger partial charge on any atom is -0.462 e. The number of hydrogen-bond acceptors (Lipinski definition) is 6. The van der Waals surface area contributed by atoms with E-state index in [-0.39, 0.29) is 24.3 Å². The summed E-state index contributed by atoms with van der Waals surface area (Å²) in [5.41, 5.74) is 1.68. The predicted octanol–water partition coefficient (Wildman–Crippen LogP) is 2.63. The Bertz CT molecular complexity index is 1030. The van der Waals surface area contributed by atoms with Gasteiger partial charge in [-0.15, -0.1) is 0 Å². The van der Waals surface area contributed by atoms with E-state index in [0.29, 0.717) is 27.9 Å². The molecule has 2 N–H and O–H groups in total. The summed E-state index contributed by atoms with van der Waals surface area (Å²) in [5, 5.41) is 15.2. The number of nitrogens with one attached hydrogen (secondary N) is 1. The number of anilines is 1. The number of aliphatic hydroxyl groups is 1. The van der Waals surface area contributed by atoms with Crippen LogP contribution in [0.25, 0.3) is 10.9 Å². The first kappa shape index (κ1) is 20.2. The minimum atomic E-state index is -0.737. The summed E-state index contributed by atoms with van der Waals surface area (Å²) in [6.07, 6.45) is 1.31. The number of rotatable bonds is 3. The number of hydrogen-bond donors (Lipinski definition) is 2. The van der Waals surface area contributed by atoms with E-state index in [0.717, 1.165) is 25.3 Å². The quantitative estimate of drug-likeness (QED) is 0.744. The van der Waals surface area contributed by atoms with Gasteiger partial charge in [-0.25, -0.2) is 4.79 Å². The number of carbonyl (C=O) groups is 1. The molecule has 8 heteroatoms. The van der Waals surface area contributed by atoms with Gasteiger partial charge in [0.15, 0.2) is 0 Å². The summed E-state index contributed by atoms with van der Waals surface area (Å²) >= 11 is 6.67. The molecule has 29 heavy (non-hydrogen) atoms. The van der Waals surface area contributed by atoms with Gasteiger partial charge in [-0.3, -0.25) is 4.79 Å². The summed E-state index contributed by atoms with van der Waals surface area (Å²) in [6.45, 7) is 8.29. The molecule has 1 saturated heterocycles. The van der Waals surface area contributed by atoms with Crippen LogP contribution in [0, 0.1) is 0 Å². The molecule has 2 aliphatic heterocycles. The van der Waals surface area contributed by atoms with Crippen LogP contribution >= 0.6 is 11.6 Å². The van der Waals surface area contributed by atoms with Crippen molar-refractivity contribution in [3.8, 4) is 0 Å². The lowest BCUT2D eigenvalue weighted by atomic mass is 9.91. The van der Waals surface area contributed by atoms with Crippen LogP contribution in [0.15, 0.2) is 17.1 Å². The van der Waals surface area contributed by atoms with Gasteiger partial charge in [-0.2, -0.15) is 0 Å². The van der Waals surface area contributed by atoms with E-state index in [1.165, 1.54) is 0 Å². The van der Waals surface area contributed by atoms with Crippen molar-refractivity contribution in [1.29, 1.82) is 0 Å². The fourth-order valence-corrected chi connectivity index (χ4v) is 4.87. The topological polar surface area (TPSA) is 83.8 Å². The highest BCUT2D eigenvalue weighted by atomic mass is 35.5. The van der Waals surface area contributed by atoms with Gasteiger partial charge in [-0.1, -0.05) is 11.6 Å². The Labute approximate surface area is 174 Å². The number of nitrogens with zero attached hydrogens (tertiary/aromatic N) is 2. The maximum absolute atomic E-state index is 13.1. The Hall–Kier alpha value is -2.09. The average Bonchev–Trinajstić information content (AvgIpc) is 2.66. The van der Waals surface area contributed by atoms with Gasteiger partial charge in [0.1, 0.15) is 5.56 Å². The Morgan fingerprint density at radius 1 is 1.41 bits per heavy atom. The zero-order chi connectivity index (χ0) is 20.9. The van der Waals surface area contributed by atoms with E-state index in [4.69, 9.17) is 16.3 Å². The molecule has 0 saturated carbocycles. The average molecular weight is 420 g/mol. The molecule has 1 aromatic heterocycles. The molecular formula is C21H26ClN3O4. The van der Waals surface area contributed by atoms with E-state index in [1.807, 2.05) is 11.5 Å².